The van der Waals surface area contributed by atoms with E-state index in [2.05, 4.69) is 40.3 Å². The van der Waals surface area contributed by atoms with E-state index in [1.165, 1.54) is 0 Å². The van der Waals surface area contributed by atoms with E-state index in [4.69, 9.17) is 14.6 Å². The molecule has 5 heteroatoms. The van der Waals surface area contributed by atoms with Gasteiger partial charge in [0.05, 0.1) is 17.4 Å². The van der Waals surface area contributed by atoms with Crippen LogP contribution in [0.25, 0.3) is 0 Å². The second-order valence-corrected chi connectivity index (χ2v) is 6.30. The highest BCUT2D eigenvalue weighted by Gasteiger charge is 2.31. The van der Waals surface area contributed by atoms with E-state index < -0.39 is 0 Å². The lowest BCUT2D eigenvalue weighted by Crippen LogP contribution is -2.18. The number of nitrogens with zero attached hydrogens (tertiary/aromatic N) is 3. The van der Waals surface area contributed by atoms with Gasteiger partial charge in [0, 0.05) is 24.4 Å². The zero-order chi connectivity index (χ0) is 17.3. The highest BCUT2D eigenvalue weighted by molar-refractivity contribution is 6.03. The average molecular weight is 343 g/mol. The lowest BCUT2D eigenvalue weighted by atomic mass is 9.98. The molecule has 3 heterocycles. The number of pyridine rings is 1. The molecule has 0 spiro atoms. The molecule has 0 radical (unpaired) electrons. The number of hydrazone groups is 1. The van der Waals surface area contributed by atoms with Crippen LogP contribution < -0.4 is 14.5 Å². The molecular formula is C21H17N3O2. The van der Waals surface area contributed by atoms with Gasteiger partial charge < -0.3 is 9.47 Å². The molecule has 2 aliphatic rings. The van der Waals surface area contributed by atoms with Crippen molar-refractivity contribution in [2.75, 3.05) is 11.8 Å². The Bertz CT molecular complexity index is 958. The molecule has 0 aliphatic carbocycles. The minimum atomic E-state index is 0.0992. The Hall–Kier alpha value is -3.34. The first kappa shape index (κ1) is 15.0. The van der Waals surface area contributed by atoms with Gasteiger partial charge in [0.15, 0.2) is 11.5 Å². The van der Waals surface area contributed by atoms with Crippen molar-refractivity contribution in [3.05, 3.63) is 84.2 Å². The van der Waals surface area contributed by atoms with Gasteiger partial charge in [0.1, 0.15) is 0 Å². The number of hydrogen-bond donors (Lipinski definition) is 0. The van der Waals surface area contributed by atoms with Gasteiger partial charge in [-0.1, -0.05) is 30.3 Å². The minimum absolute atomic E-state index is 0.0992. The van der Waals surface area contributed by atoms with Crippen molar-refractivity contribution in [3.63, 3.8) is 0 Å². The number of benzene rings is 2. The van der Waals surface area contributed by atoms with E-state index >= 15 is 0 Å². The quantitative estimate of drug-likeness (QED) is 0.716. The first-order chi connectivity index (χ1) is 12.9. The average Bonchev–Trinajstić information content (AvgIpc) is 3.36. The lowest BCUT2D eigenvalue weighted by Gasteiger charge is -2.24. The topological polar surface area (TPSA) is 47.0 Å². The number of para-hydroxylation sites is 1. The Morgan fingerprint density at radius 1 is 0.923 bits per heavy atom. The zero-order valence-electron chi connectivity index (χ0n) is 14.1. The smallest absolute Gasteiger partial charge is 0.231 e. The molecule has 0 bridgehead atoms. The van der Waals surface area contributed by atoms with E-state index in [-0.39, 0.29) is 12.8 Å². The monoisotopic (exact) mass is 343 g/mol. The molecule has 0 N–H and O–H groups in total. The molecule has 26 heavy (non-hydrogen) atoms. The molecule has 2 aliphatic heterocycles. The van der Waals surface area contributed by atoms with E-state index in [0.717, 1.165) is 40.4 Å². The largest absolute Gasteiger partial charge is 0.454 e. The standard InChI is InChI=1S/C21H17N3O2/c1-2-6-17(7-3-1)24-19(12-18(23-24)16-5-4-10-22-13-16)15-8-9-20-21(11-15)26-14-25-20/h1-11,13,19H,12,14H2. The number of aromatic nitrogens is 1. The molecule has 5 nitrogen and oxygen atoms in total. The van der Waals surface area contributed by atoms with Crippen LogP contribution in [0, 0.1) is 0 Å². The molecule has 2 aromatic carbocycles. The summed E-state index contributed by atoms with van der Waals surface area (Å²) < 4.78 is 11.0. The fourth-order valence-corrected chi connectivity index (χ4v) is 3.42. The summed E-state index contributed by atoms with van der Waals surface area (Å²) in [5, 5.41) is 7.00. The predicted molar refractivity (Wildman–Crippen MR) is 99.6 cm³/mol. The van der Waals surface area contributed by atoms with E-state index in [0.29, 0.717) is 0 Å². The van der Waals surface area contributed by atoms with Gasteiger partial charge in [-0.15, -0.1) is 0 Å². The Morgan fingerprint density at radius 2 is 1.81 bits per heavy atom. The van der Waals surface area contributed by atoms with Crippen LogP contribution >= 0.6 is 0 Å². The van der Waals surface area contributed by atoms with Gasteiger partial charge in [0.25, 0.3) is 0 Å². The fourth-order valence-electron chi connectivity index (χ4n) is 3.42. The predicted octanol–water partition coefficient (Wildman–Crippen LogP) is 4.17. The van der Waals surface area contributed by atoms with Crippen molar-refractivity contribution >= 4 is 11.4 Å². The summed E-state index contributed by atoms with van der Waals surface area (Å²) in [6, 6.07) is 20.5. The van der Waals surface area contributed by atoms with E-state index in [1.54, 1.807) is 6.20 Å². The van der Waals surface area contributed by atoms with Crippen molar-refractivity contribution in [2.24, 2.45) is 5.10 Å². The SMILES string of the molecule is c1ccc(N2N=C(c3cccnc3)CC2c2ccc3c(c2)OCO3)cc1. The molecule has 0 saturated carbocycles. The Labute approximate surface area is 151 Å². The van der Waals surface area contributed by atoms with Crippen molar-refractivity contribution in [1.82, 2.24) is 4.98 Å². The summed E-state index contributed by atoms with van der Waals surface area (Å²) in [5.74, 6) is 1.59. The molecular weight excluding hydrogens is 326 g/mol. The highest BCUT2D eigenvalue weighted by atomic mass is 16.7. The highest BCUT2D eigenvalue weighted by Crippen LogP contribution is 2.40. The Balaban J connectivity index is 1.55. The summed E-state index contributed by atoms with van der Waals surface area (Å²) >= 11 is 0. The van der Waals surface area contributed by atoms with Gasteiger partial charge in [-0.05, 0) is 35.9 Å². The second kappa shape index (κ2) is 6.19. The van der Waals surface area contributed by atoms with E-state index in [9.17, 15) is 0 Å². The van der Waals surface area contributed by atoms with Crippen molar-refractivity contribution < 1.29 is 9.47 Å². The van der Waals surface area contributed by atoms with Crippen LogP contribution in [-0.2, 0) is 0 Å². The molecule has 0 fully saturated rings. The maximum Gasteiger partial charge on any atom is 0.231 e. The number of anilines is 1. The van der Waals surface area contributed by atoms with Gasteiger partial charge in [-0.25, -0.2) is 0 Å². The number of hydrogen-bond acceptors (Lipinski definition) is 5. The molecule has 1 aromatic heterocycles. The van der Waals surface area contributed by atoms with Crippen molar-refractivity contribution in [3.8, 4) is 11.5 Å². The van der Waals surface area contributed by atoms with Crippen LogP contribution in [0.4, 0.5) is 5.69 Å². The normalized spacial score (nSPS) is 18.1. The molecule has 3 aromatic rings. The van der Waals surface area contributed by atoms with E-state index in [1.807, 2.05) is 36.5 Å². The third-order valence-electron chi connectivity index (χ3n) is 4.71. The summed E-state index contributed by atoms with van der Waals surface area (Å²) in [6.45, 7) is 0.281. The fraction of sp³-hybridized carbons (Fsp3) is 0.143. The number of ether oxygens (including phenoxy) is 2. The molecule has 128 valence electrons. The third kappa shape index (κ3) is 2.58. The molecule has 5 rings (SSSR count). The van der Waals surface area contributed by atoms with Gasteiger partial charge in [-0.2, -0.15) is 5.10 Å². The van der Waals surface area contributed by atoms with Crippen LogP contribution in [-0.4, -0.2) is 17.5 Å². The molecule has 0 saturated heterocycles. The van der Waals surface area contributed by atoms with Crippen molar-refractivity contribution in [2.45, 2.75) is 12.5 Å². The summed E-state index contributed by atoms with van der Waals surface area (Å²) in [5.41, 5.74) is 4.30. The first-order valence-electron chi connectivity index (χ1n) is 8.60. The van der Waals surface area contributed by atoms with Crippen LogP contribution in [0.1, 0.15) is 23.6 Å². The summed E-state index contributed by atoms with van der Waals surface area (Å²) in [6.07, 6.45) is 4.45. The third-order valence-corrected chi connectivity index (χ3v) is 4.71. The molecule has 1 unspecified atom stereocenters. The second-order valence-electron chi connectivity index (χ2n) is 6.30. The molecule has 1 atom stereocenters. The number of fused-ring (bicyclic) bond motifs is 1. The van der Waals surface area contributed by atoms with Crippen LogP contribution in [0.3, 0.4) is 0 Å². The maximum atomic E-state index is 5.56. The molecule has 0 amide bonds. The van der Waals surface area contributed by atoms with Gasteiger partial charge in [-0.3, -0.25) is 9.99 Å². The number of rotatable bonds is 3. The lowest BCUT2D eigenvalue weighted by molar-refractivity contribution is 0.174. The Morgan fingerprint density at radius 3 is 2.65 bits per heavy atom. The Kier molecular flexibility index (Phi) is 3.56. The first-order valence-corrected chi connectivity index (χ1v) is 8.60. The summed E-state index contributed by atoms with van der Waals surface area (Å²) in [4.78, 5) is 4.24. The summed E-state index contributed by atoms with van der Waals surface area (Å²) in [7, 11) is 0. The maximum absolute atomic E-state index is 5.56. The van der Waals surface area contributed by atoms with Gasteiger partial charge in [0.2, 0.25) is 6.79 Å². The van der Waals surface area contributed by atoms with Crippen molar-refractivity contribution in [1.29, 1.82) is 0 Å². The van der Waals surface area contributed by atoms with Crippen LogP contribution in [0.5, 0.6) is 11.5 Å². The van der Waals surface area contributed by atoms with Crippen LogP contribution in [0.2, 0.25) is 0 Å². The zero-order valence-corrected chi connectivity index (χ0v) is 14.1. The van der Waals surface area contributed by atoms with Crippen LogP contribution in [0.15, 0.2) is 78.2 Å². The van der Waals surface area contributed by atoms with Gasteiger partial charge >= 0.3 is 0 Å². The minimum Gasteiger partial charge on any atom is -0.454 e.